The highest BCUT2D eigenvalue weighted by atomic mass is 79.9. The van der Waals surface area contributed by atoms with E-state index in [0.717, 1.165) is 10.0 Å². The third-order valence-corrected chi connectivity index (χ3v) is 3.72. The number of aromatic nitrogens is 1. The summed E-state index contributed by atoms with van der Waals surface area (Å²) >= 11 is 9.47. The maximum absolute atomic E-state index is 5.98. The van der Waals surface area contributed by atoms with Crippen LogP contribution in [0.15, 0.2) is 50.0 Å². The highest BCUT2D eigenvalue weighted by Gasteiger charge is 2.22. The molecule has 3 rings (SSSR count). The van der Waals surface area contributed by atoms with Crippen LogP contribution in [0, 0.1) is 0 Å². The second-order valence-electron chi connectivity index (χ2n) is 3.86. The van der Waals surface area contributed by atoms with Crippen molar-refractivity contribution in [2.75, 3.05) is 5.73 Å². The van der Waals surface area contributed by atoms with Crippen LogP contribution in [0.1, 0.15) is 0 Å². The summed E-state index contributed by atoms with van der Waals surface area (Å²) < 4.78 is 11.1. The van der Waals surface area contributed by atoms with Gasteiger partial charge in [-0.2, -0.15) is 0 Å². The largest absolute Gasteiger partial charge is 0.452 e. The van der Waals surface area contributed by atoms with Crippen LogP contribution in [0.5, 0.6) is 0 Å². The van der Waals surface area contributed by atoms with Crippen LogP contribution in [0.25, 0.3) is 22.4 Å². The highest BCUT2D eigenvalue weighted by molar-refractivity contribution is 9.10. The van der Waals surface area contributed by atoms with E-state index >= 15 is 0 Å². The van der Waals surface area contributed by atoms with Gasteiger partial charge in [0.25, 0.3) is 0 Å². The summed E-state index contributed by atoms with van der Waals surface area (Å²) in [5.41, 5.74) is 8.65. The van der Waals surface area contributed by atoms with Crippen LogP contribution in [0.4, 0.5) is 5.88 Å². The molecule has 4 nitrogen and oxygen atoms in total. The van der Waals surface area contributed by atoms with Gasteiger partial charge in [0, 0.05) is 10.0 Å². The number of hydrogen-bond donors (Lipinski definition) is 1. The minimum Gasteiger partial charge on any atom is -0.452 e. The average molecular weight is 340 g/mol. The molecule has 0 atom stereocenters. The van der Waals surface area contributed by atoms with Gasteiger partial charge in [-0.25, -0.2) is 0 Å². The molecule has 19 heavy (non-hydrogen) atoms. The van der Waals surface area contributed by atoms with E-state index in [-0.39, 0.29) is 11.1 Å². The molecule has 0 spiro atoms. The van der Waals surface area contributed by atoms with Crippen LogP contribution in [0.3, 0.4) is 0 Å². The van der Waals surface area contributed by atoms with Crippen LogP contribution in [-0.2, 0) is 0 Å². The first-order valence-corrected chi connectivity index (χ1v) is 6.59. The second-order valence-corrected chi connectivity index (χ2v) is 5.06. The summed E-state index contributed by atoms with van der Waals surface area (Å²) in [5.74, 6) is 0.235. The first-order valence-electron chi connectivity index (χ1n) is 5.42. The lowest BCUT2D eigenvalue weighted by molar-refractivity contribution is 0.439. The number of rotatable bonds is 2. The zero-order chi connectivity index (χ0) is 13.4. The van der Waals surface area contributed by atoms with Crippen molar-refractivity contribution in [2.45, 2.75) is 0 Å². The number of nitrogen functional groups attached to an aromatic ring is 1. The minimum atomic E-state index is 0.235. The quantitative estimate of drug-likeness (QED) is 0.741. The first-order chi connectivity index (χ1) is 9.18. The van der Waals surface area contributed by atoms with E-state index in [1.54, 1.807) is 6.07 Å². The Balaban J connectivity index is 2.26. The molecule has 0 unspecified atom stereocenters. The number of nitrogens with two attached hydrogens (primary N) is 1. The van der Waals surface area contributed by atoms with Crippen LogP contribution >= 0.6 is 27.5 Å². The SMILES string of the molecule is Nc1onc(-c2ccoc2Cl)c1-c1ccccc1Br. The van der Waals surface area contributed by atoms with Crippen molar-refractivity contribution in [3.8, 4) is 22.4 Å². The van der Waals surface area contributed by atoms with E-state index in [1.165, 1.54) is 6.26 Å². The van der Waals surface area contributed by atoms with Crippen molar-refractivity contribution in [2.24, 2.45) is 0 Å². The zero-order valence-corrected chi connectivity index (χ0v) is 11.9. The summed E-state index contributed by atoms with van der Waals surface area (Å²) in [6.45, 7) is 0. The third-order valence-electron chi connectivity index (χ3n) is 2.73. The Morgan fingerprint density at radius 1 is 1.16 bits per heavy atom. The number of nitrogens with zero attached hydrogens (tertiary/aromatic N) is 1. The number of hydrogen-bond acceptors (Lipinski definition) is 4. The standard InChI is InChI=1S/C13H8BrClN2O2/c14-9-4-2-1-3-7(9)10-11(17-19-13(10)16)8-5-6-18-12(8)15/h1-6H,16H2. The number of furan rings is 1. The molecule has 0 saturated heterocycles. The van der Waals surface area contributed by atoms with Gasteiger partial charge in [-0.15, -0.1) is 0 Å². The molecule has 0 bridgehead atoms. The van der Waals surface area contributed by atoms with Gasteiger partial charge in [0.1, 0.15) is 5.69 Å². The lowest BCUT2D eigenvalue weighted by atomic mass is 10.0. The summed E-state index contributed by atoms with van der Waals surface area (Å²) in [4.78, 5) is 0. The van der Waals surface area contributed by atoms with E-state index < -0.39 is 0 Å². The van der Waals surface area contributed by atoms with Gasteiger partial charge in [-0.3, -0.25) is 0 Å². The smallest absolute Gasteiger partial charge is 0.230 e. The Morgan fingerprint density at radius 2 is 1.95 bits per heavy atom. The zero-order valence-electron chi connectivity index (χ0n) is 9.56. The lowest BCUT2D eigenvalue weighted by Crippen LogP contribution is -1.88. The molecule has 2 heterocycles. The molecule has 0 fully saturated rings. The number of halogens is 2. The molecular formula is C13H8BrClN2O2. The fourth-order valence-electron chi connectivity index (χ4n) is 1.87. The van der Waals surface area contributed by atoms with Gasteiger partial charge in [-0.05, 0) is 23.7 Å². The summed E-state index contributed by atoms with van der Waals surface area (Å²) in [6, 6.07) is 9.39. The van der Waals surface area contributed by atoms with Crippen molar-refractivity contribution in [3.63, 3.8) is 0 Å². The van der Waals surface area contributed by atoms with E-state index in [4.69, 9.17) is 26.3 Å². The highest BCUT2D eigenvalue weighted by Crippen LogP contribution is 2.41. The average Bonchev–Trinajstić information content (AvgIpc) is 2.96. The Labute approximate surface area is 122 Å². The predicted molar refractivity (Wildman–Crippen MR) is 76.8 cm³/mol. The number of benzene rings is 1. The Bertz CT molecular complexity index is 736. The fourth-order valence-corrected chi connectivity index (χ4v) is 2.56. The third kappa shape index (κ3) is 2.05. The Hall–Kier alpha value is -1.72. The van der Waals surface area contributed by atoms with Gasteiger partial charge >= 0.3 is 0 Å². The van der Waals surface area contributed by atoms with Gasteiger partial charge in [0.15, 0.2) is 0 Å². The second kappa shape index (κ2) is 4.75. The molecule has 96 valence electrons. The Morgan fingerprint density at radius 3 is 2.63 bits per heavy atom. The van der Waals surface area contributed by atoms with Gasteiger partial charge in [0.2, 0.25) is 11.1 Å². The molecule has 2 N–H and O–H groups in total. The topological polar surface area (TPSA) is 65.2 Å². The molecule has 0 amide bonds. The minimum absolute atomic E-state index is 0.235. The molecule has 1 aromatic carbocycles. The molecule has 0 aliphatic heterocycles. The van der Waals surface area contributed by atoms with E-state index in [9.17, 15) is 0 Å². The van der Waals surface area contributed by atoms with E-state index in [0.29, 0.717) is 16.8 Å². The Kier molecular flexibility index (Phi) is 3.08. The normalized spacial score (nSPS) is 10.8. The summed E-state index contributed by atoms with van der Waals surface area (Å²) in [5, 5.41) is 4.22. The van der Waals surface area contributed by atoms with Crippen LogP contribution in [-0.4, -0.2) is 5.16 Å². The molecule has 2 aromatic heterocycles. The molecule has 0 aliphatic carbocycles. The fraction of sp³-hybridized carbons (Fsp3) is 0. The molecule has 0 saturated carbocycles. The molecule has 3 aromatic rings. The van der Waals surface area contributed by atoms with Crippen molar-refractivity contribution in [1.29, 1.82) is 0 Å². The molecule has 0 radical (unpaired) electrons. The lowest BCUT2D eigenvalue weighted by Gasteiger charge is -2.04. The van der Waals surface area contributed by atoms with Crippen molar-refractivity contribution >= 4 is 33.4 Å². The maximum atomic E-state index is 5.98. The molecule has 0 aliphatic rings. The first kappa shape index (κ1) is 12.3. The van der Waals surface area contributed by atoms with Gasteiger partial charge in [0.05, 0.1) is 17.4 Å². The summed E-state index contributed by atoms with van der Waals surface area (Å²) in [7, 11) is 0. The monoisotopic (exact) mass is 338 g/mol. The molecular weight excluding hydrogens is 332 g/mol. The van der Waals surface area contributed by atoms with Crippen LogP contribution in [0.2, 0.25) is 5.22 Å². The van der Waals surface area contributed by atoms with Crippen molar-refractivity contribution in [1.82, 2.24) is 5.16 Å². The van der Waals surface area contributed by atoms with Crippen LogP contribution < -0.4 is 5.73 Å². The summed E-state index contributed by atoms with van der Waals surface area (Å²) in [6.07, 6.45) is 1.49. The maximum Gasteiger partial charge on any atom is 0.230 e. The van der Waals surface area contributed by atoms with Crippen molar-refractivity contribution < 1.29 is 8.94 Å². The number of anilines is 1. The molecule has 6 heteroatoms. The van der Waals surface area contributed by atoms with Gasteiger partial charge in [-0.1, -0.05) is 39.3 Å². The van der Waals surface area contributed by atoms with E-state index in [1.807, 2.05) is 24.3 Å². The van der Waals surface area contributed by atoms with E-state index in [2.05, 4.69) is 21.1 Å². The van der Waals surface area contributed by atoms with Gasteiger partial charge < -0.3 is 14.7 Å². The van der Waals surface area contributed by atoms with Crippen molar-refractivity contribution in [3.05, 3.63) is 46.3 Å². The predicted octanol–water partition coefficient (Wildman–Crippen LogP) is 4.60.